The molecule has 15 heteroatoms. The third-order valence-corrected chi connectivity index (χ3v) is 16.0. The van der Waals surface area contributed by atoms with Crippen LogP contribution in [0.1, 0.15) is 126 Å². The van der Waals surface area contributed by atoms with Crippen LogP contribution in [-0.4, -0.2) is 144 Å². The van der Waals surface area contributed by atoms with E-state index in [1.54, 1.807) is 41.1 Å². The van der Waals surface area contributed by atoms with Crippen molar-refractivity contribution in [2.45, 2.75) is 198 Å². The molecule has 18 atom stereocenters. The maximum Gasteiger partial charge on any atom is 0.329 e. The summed E-state index contributed by atoms with van der Waals surface area (Å²) in [5.41, 5.74) is 1.35. The summed E-state index contributed by atoms with van der Waals surface area (Å²) in [4.78, 5) is 58.5. The zero-order valence-electron chi connectivity index (χ0n) is 41.0. The van der Waals surface area contributed by atoms with E-state index in [9.17, 15) is 34.5 Å². The van der Waals surface area contributed by atoms with Crippen LogP contribution in [-0.2, 0) is 52.3 Å². The lowest BCUT2D eigenvalue weighted by Gasteiger charge is -2.45. The molecule has 6 rings (SSSR count). The van der Waals surface area contributed by atoms with E-state index in [0.29, 0.717) is 56.9 Å². The van der Waals surface area contributed by atoms with Crippen molar-refractivity contribution < 1.29 is 67.7 Å². The number of aliphatic hydroxyl groups is 3. The number of piperidine rings is 1. The predicted octanol–water partition coefficient (Wildman–Crippen LogP) is 5.55. The number of nitrogens with zero attached hydrogens (tertiary/aromatic N) is 1. The van der Waals surface area contributed by atoms with Gasteiger partial charge in [0.25, 0.3) is 11.7 Å². The van der Waals surface area contributed by atoms with Gasteiger partial charge in [-0.25, -0.2) is 4.79 Å². The van der Waals surface area contributed by atoms with Crippen molar-refractivity contribution in [1.29, 1.82) is 0 Å². The van der Waals surface area contributed by atoms with Crippen molar-refractivity contribution in [2.24, 2.45) is 35.5 Å². The van der Waals surface area contributed by atoms with Gasteiger partial charge < -0.3 is 53.4 Å². The number of ketones is 2. The molecule has 1 aliphatic carbocycles. The molecule has 0 aromatic heterocycles. The van der Waals surface area contributed by atoms with Crippen LogP contribution in [0.5, 0.6) is 0 Å². The van der Waals surface area contributed by atoms with E-state index in [1.165, 1.54) is 12.0 Å². The van der Waals surface area contributed by atoms with E-state index in [-0.39, 0.29) is 61.0 Å². The average molecular weight is 930 g/mol. The fourth-order valence-corrected chi connectivity index (χ4v) is 11.7. The Balaban J connectivity index is 1.36. The molecule has 372 valence electrons. The van der Waals surface area contributed by atoms with Gasteiger partial charge in [0.2, 0.25) is 11.6 Å². The molecule has 5 heterocycles. The Labute approximate surface area is 391 Å². The van der Waals surface area contributed by atoms with Crippen LogP contribution in [0.15, 0.2) is 35.5 Å². The number of Topliss-reactive ketones (excluding diaryl/α,β-unsaturated/α-hetero) is 2. The lowest BCUT2D eigenvalue weighted by atomic mass is 9.78. The number of fused-ring (bicyclic) bond motifs is 6. The zero-order valence-corrected chi connectivity index (χ0v) is 41.0. The van der Waals surface area contributed by atoms with Crippen molar-refractivity contribution in [3.63, 3.8) is 0 Å². The standard InChI is InChI=1S/C51H79NO14/c1-28-14-13-16-40-45-32(5)23-34(7)51(65-40,66-45)47(62-10)44(55)31(4)22-29(2)39(54)27-42(30(3)24-35-18-20-38(53)43(25-35)61-9)63-49(58)37-15-11-12-21-52(37)48(57)46(56)50(59)33(6)17-19-36(64-50)26-41(28)60-8/h13-14,16,22,29-30,32-38,40-45,47,53,55,59H,11-12,15,17-21,23-27H2,1-10H3/b16-13+,28-14?,31-22?/t29-,30-,32+,33?,34?,35+,36+,37+,38-,40-,41+,42+,43-,44-,45-,47?,50-,51-/m1/s1. The number of aliphatic hydroxyl groups excluding tert-OH is 2. The number of cyclic esters (lactones) is 1. The van der Waals surface area contributed by atoms with Crippen LogP contribution in [0, 0.1) is 35.5 Å². The summed E-state index contributed by atoms with van der Waals surface area (Å²) in [5, 5.41) is 34.5. The monoisotopic (exact) mass is 930 g/mol. The summed E-state index contributed by atoms with van der Waals surface area (Å²) in [6.07, 6.45) is 7.39. The van der Waals surface area contributed by atoms with E-state index in [2.05, 4.69) is 6.92 Å². The fourth-order valence-electron chi connectivity index (χ4n) is 11.7. The van der Waals surface area contributed by atoms with Gasteiger partial charge in [-0.05, 0) is 107 Å². The highest BCUT2D eigenvalue weighted by molar-refractivity contribution is 6.39. The Morgan fingerprint density at radius 1 is 0.848 bits per heavy atom. The van der Waals surface area contributed by atoms with Gasteiger partial charge in [0.15, 0.2) is 0 Å². The van der Waals surface area contributed by atoms with Crippen LogP contribution in [0.4, 0.5) is 0 Å². The number of esters is 1. The lowest BCUT2D eigenvalue weighted by Crippen LogP contribution is -2.61. The molecule has 3 N–H and O–H groups in total. The molecule has 0 radical (unpaired) electrons. The minimum Gasteiger partial charge on any atom is -0.460 e. The third-order valence-electron chi connectivity index (χ3n) is 16.0. The Bertz CT molecular complexity index is 1820. The first-order valence-electron chi connectivity index (χ1n) is 24.6. The SMILES string of the molecule is COC1[C@H](O)C(C)=C[C@@H](C)C(=O)C[C@@H]([C@H](C)C[C@@H]2CC[C@@H](O)[C@H](OC)C2)OC(=O)[C@@H]2CCCCN2C(=O)C(=O)[C@]2(O)O[C@@H](CCC2C)C[C@H](OC)C(C)=C/C=C/[C@H]2O[C@]13O[C@@H]2[C@@H](C)CC3C. The minimum atomic E-state index is -2.43. The number of carbonyl (C=O) groups excluding carboxylic acids is 4. The van der Waals surface area contributed by atoms with Crippen LogP contribution in [0.3, 0.4) is 0 Å². The highest BCUT2D eigenvalue weighted by atomic mass is 16.8. The summed E-state index contributed by atoms with van der Waals surface area (Å²) in [7, 11) is 4.69. The number of hydrogen-bond acceptors (Lipinski definition) is 14. The molecule has 66 heavy (non-hydrogen) atoms. The molecule has 1 saturated carbocycles. The van der Waals surface area contributed by atoms with Crippen molar-refractivity contribution in [1.82, 2.24) is 4.90 Å². The molecule has 15 nitrogen and oxygen atoms in total. The molecular weight excluding hydrogens is 851 g/mol. The normalized spacial score (nSPS) is 43.6. The number of carbonyl (C=O) groups is 4. The highest BCUT2D eigenvalue weighted by Gasteiger charge is 2.62. The molecule has 4 saturated heterocycles. The number of allylic oxidation sites excluding steroid dienone is 3. The molecule has 0 aromatic rings. The molecule has 3 unspecified atom stereocenters. The van der Waals surface area contributed by atoms with Gasteiger partial charge in [0.05, 0.1) is 30.5 Å². The second-order valence-corrected chi connectivity index (χ2v) is 20.7. The van der Waals surface area contributed by atoms with Gasteiger partial charge in [-0.3, -0.25) is 14.4 Å². The van der Waals surface area contributed by atoms with Crippen molar-refractivity contribution in [3.8, 4) is 0 Å². The summed E-state index contributed by atoms with van der Waals surface area (Å²) in [6, 6.07) is -1.12. The van der Waals surface area contributed by atoms with Gasteiger partial charge in [-0.2, -0.15) is 0 Å². The Hall–Kier alpha value is -2.86. The number of hydrogen-bond donors (Lipinski definition) is 3. The topological polar surface area (TPSA) is 197 Å². The molecule has 5 fully saturated rings. The van der Waals surface area contributed by atoms with Gasteiger partial charge >= 0.3 is 5.97 Å². The largest absolute Gasteiger partial charge is 0.460 e. The summed E-state index contributed by atoms with van der Waals surface area (Å²) >= 11 is 0. The molecule has 5 aliphatic heterocycles. The lowest BCUT2D eigenvalue weighted by molar-refractivity contribution is -0.296. The molecule has 1 amide bonds. The highest BCUT2D eigenvalue weighted by Crippen LogP contribution is 2.50. The molecule has 0 aromatic carbocycles. The molecule has 6 aliphatic rings. The first-order chi connectivity index (χ1) is 31.3. The quantitative estimate of drug-likeness (QED) is 0.170. The molecule has 1 spiro atoms. The third kappa shape index (κ3) is 11.1. The minimum absolute atomic E-state index is 0.103. The van der Waals surface area contributed by atoms with Crippen molar-refractivity contribution in [3.05, 3.63) is 35.5 Å². The first-order valence-corrected chi connectivity index (χ1v) is 24.6. The van der Waals surface area contributed by atoms with Crippen LogP contribution < -0.4 is 0 Å². The molecular formula is C51H79NO14. The van der Waals surface area contributed by atoms with Crippen LogP contribution >= 0.6 is 0 Å². The van der Waals surface area contributed by atoms with Crippen LogP contribution in [0.2, 0.25) is 0 Å². The number of methoxy groups -OCH3 is 3. The number of ether oxygens (including phenoxy) is 7. The molecule has 5 bridgehead atoms. The average Bonchev–Trinajstić information content (AvgIpc) is 3.64. The van der Waals surface area contributed by atoms with Crippen LogP contribution in [0.25, 0.3) is 0 Å². The number of rotatable bonds is 6. The summed E-state index contributed by atoms with van der Waals surface area (Å²) in [6.45, 7) is 13.3. The van der Waals surface area contributed by atoms with Gasteiger partial charge in [-0.1, -0.05) is 58.9 Å². The Morgan fingerprint density at radius 2 is 1.59 bits per heavy atom. The van der Waals surface area contributed by atoms with E-state index < -0.39 is 89.8 Å². The van der Waals surface area contributed by atoms with E-state index >= 15 is 0 Å². The summed E-state index contributed by atoms with van der Waals surface area (Å²) < 4.78 is 43.6. The van der Waals surface area contributed by atoms with E-state index in [0.717, 1.165) is 18.4 Å². The maximum atomic E-state index is 14.4. The second-order valence-electron chi connectivity index (χ2n) is 20.7. The van der Waals surface area contributed by atoms with Gasteiger partial charge in [-0.15, -0.1) is 0 Å². The second kappa shape index (κ2) is 22.3. The van der Waals surface area contributed by atoms with Crippen molar-refractivity contribution in [2.75, 3.05) is 27.9 Å². The van der Waals surface area contributed by atoms with E-state index in [4.69, 9.17) is 33.2 Å². The summed E-state index contributed by atoms with van der Waals surface area (Å²) in [5.74, 6) is -8.43. The Kier molecular flexibility index (Phi) is 17.7. The van der Waals surface area contributed by atoms with Gasteiger partial charge in [0.1, 0.15) is 36.2 Å². The fraction of sp³-hybridized carbons (Fsp3) is 0.804. The van der Waals surface area contributed by atoms with Crippen molar-refractivity contribution >= 4 is 23.4 Å². The first kappa shape index (κ1) is 52.5. The number of amides is 1. The Morgan fingerprint density at radius 3 is 2.29 bits per heavy atom. The zero-order chi connectivity index (χ0) is 48.2. The van der Waals surface area contributed by atoms with E-state index in [1.807, 2.05) is 39.0 Å². The smallest absolute Gasteiger partial charge is 0.329 e. The maximum absolute atomic E-state index is 14.4. The predicted molar refractivity (Wildman–Crippen MR) is 243 cm³/mol. The van der Waals surface area contributed by atoms with Gasteiger partial charge in [0, 0.05) is 58.5 Å².